The lowest BCUT2D eigenvalue weighted by atomic mass is 10.1. The molecular weight excluding hydrogens is 282 g/mol. The van der Waals surface area contributed by atoms with Gasteiger partial charge in [0.25, 0.3) is 0 Å². The Morgan fingerprint density at radius 2 is 2.32 bits per heavy atom. The SMILES string of the molecule is CCN(C)Cc1nc2ccc(C(=O)O)cc2n1C[C@@H]1CCO1. The van der Waals surface area contributed by atoms with Crippen LogP contribution in [0.4, 0.5) is 0 Å². The molecule has 1 fully saturated rings. The molecule has 0 spiro atoms. The largest absolute Gasteiger partial charge is 0.478 e. The first kappa shape index (κ1) is 15.0. The van der Waals surface area contributed by atoms with Crippen LogP contribution in [0.25, 0.3) is 11.0 Å². The van der Waals surface area contributed by atoms with Crippen LogP contribution in [0.3, 0.4) is 0 Å². The van der Waals surface area contributed by atoms with Gasteiger partial charge in [-0.25, -0.2) is 9.78 Å². The van der Waals surface area contributed by atoms with Crippen LogP contribution in [-0.2, 0) is 17.8 Å². The van der Waals surface area contributed by atoms with Crippen molar-refractivity contribution < 1.29 is 14.6 Å². The number of carboxylic acids is 1. The monoisotopic (exact) mass is 303 g/mol. The van der Waals surface area contributed by atoms with Gasteiger partial charge in [0, 0.05) is 6.61 Å². The number of hydrogen-bond acceptors (Lipinski definition) is 4. The predicted molar refractivity (Wildman–Crippen MR) is 83.1 cm³/mol. The van der Waals surface area contributed by atoms with Crippen LogP contribution >= 0.6 is 0 Å². The third-order valence-corrected chi connectivity index (χ3v) is 4.21. The highest BCUT2D eigenvalue weighted by Crippen LogP contribution is 2.23. The van der Waals surface area contributed by atoms with Crippen LogP contribution in [0.1, 0.15) is 29.5 Å². The summed E-state index contributed by atoms with van der Waals surface area (Å²) >= 11 is 0. The molecule has 1 aromatic heterocycles. The molecule has 0 bridgehead atoms. The van der Waals surface area contributed by atoms with Gasteiger partial charge >= 0.3 is 5.97 Å². The van der Waals surface area contributed by atoms with Crippen LogP contribution in [0.15, 0.2) is 18.2 Å². The number of fused-ring (bicyclic) bond motifs is 1. The van der Waals surface area contributed by atoms with Crippen molar-refractivity contribution in [1.82, 2.24) is 14.5 Å². The van der Waals surface area contributed by atoms with Crippen molar-refractivity contribution in [3.8, 4) is 0 Å². The van der Waals surface area contributed by atoms with Gasteiger partial charge < -0.3 is 14.4 Å². The van der Waals surface area contributed by atoms with Crippen LogP contribution < -0.4 is 0 Å². The molecule has 1 aromatic carbocycles. The van der Waals surface area contributed by atoms with E-state index in [9.17, 15) is 9.90 Å². The Morgan fingerprint density at radius 3 is 2.91 bits per heavy atom. The van der Waals surface area contributed by atoms with Crippen molar-refractivity contribution >= 4 is 17.0 Å². The van der Waals surface area contributed by atoms with E-state index in [0.29, 0.717) is 5.56 Å². The number of carboxylic acid groups (broad SMARTS) is 1. The summed E-state index contributed by atoms with van der Waals surface area (Å²) in [6.45, 7) is 5.31. The van der Waals surface area contributed by atoms with Crippen molar-refractivity contribution in [3.05, 3.63) is 29.6 Å². The minimum atomic E-state index is -0.915. The Labute approximate surface area is 129 Å². The van der Waals surface area contributed by atoms with Gasteiger partial charge in [0.1, 0.15) is 5.82 Å². The van der Waals surface area contributed by atoms with Crippen molar-refractivity contribution in [1.29, 1.82) is 0 Å². The number of benzene rings is 1. The second kappa shape index (κ2) is 6.06. The first-order valence-electron chi connectivity index (χ1n) is 7.61. The fraction of sp³-hybridized carbons (Fsp3) is 0.500. The molecule has 0 saturated carbocycles. The van der Waals surface area contributed by atoms with E-state index in [4.69, 9.17) is 4.74 Å². The molecule has 1 aliphatic rings. The first-order valence-corrected chi connectivity index (χ1v) is 7.61. The Balaban J connectivity index is 2.03. The van der Waals surface area contributed by atoms with E-state index in [1.54, 1.807) is 18.2 Å². The van der Waals surface area contributed by atoms with Crippen molar-refractivity contribution in [2.75, 3.05) is 20.2 Å². The van der Waals surface area contributed by atoms with Crippen LogP contribution in [-0.4, -0.2) is 51.8 Å². The molecule has 2 heterocycles. The normalized spacial score (nSPS) is 17.9. The van der Waals surface area contributed by atoms with E-state index >= 15 is 0 Å². The van der Waals surface area contributed by atoms with Gasteiger partial charge in [0.2, 0.25) is 0 Å². The second-order valence-electron chi connectivity index (χ2n) is 5.76. The van der Waals surface area contributed by atoms with Gasteiger partial charge in [-0.2, -0.15) is 0 Å². The van der Waals surface area contributed by atoms with Gasteiger partial charge in [0.05, 0.1) is 35.8 Å². The number of rotatable bonds is 6. The minimum absolute atomic E-state index is 0.205. The fourth-order valence-electron chi connectivity index (χ4n) is 2.62. The molecule has 0 radical (unpaired) electrons. The highest BCUT2D eigenvalue weighted by molar-refractivity contribution is 5.92. The minimum Gasteiger partial charge on any atom is -0.478 e. The van der Waals surface area contributed by atoms with Crippen LogP contribution in [0.5, 0.6) is 0 Å². The Bertz CT molecular complexity index is 691. The summed E-state index contributed by atoms with van der Waals surface area (Å²) in [5, 5.41) is 9.20. The number of nitrogens with zero attached hydrogens (tertiary/aromatic N) is 3. The van der Waals surface area contributed by atoms with Gasteiger partial charge in [-0.15, -0.1) is 0 Å². The average Bonchev–Trinajstić information content (AvgIpc) is 2.79. The number of ether oxygens (including phenoxy) is 1. The third kappa shape index (κ3) is 2.84. The highest BCUT2D eigenvalue weighted by atomic mass is 16.5. The molecule has 6 heteroatoms. The fourth-order valence-corrected chi connectivity index (χ4v) is 2.62. The lowest BCUT2D eigenvalue weighted by molar-refractivity contribution is -0.0591. The molecule has 1 saturated heterocycles. The molecule has 3 rings (SSSR count). The molecule has 2 aromatic rings. The number of carbonyl (C=O) groups is 1. The number of imidazole rings is 1. The van der Waals surface area contributed by atoms with Crippen LogP contribution in [0, 0.1) is 0 Å². The topological polar surface area (TPSA) is 67.6 Å². The zero-order valence-electron chi connectivity index (χ0n) is 13.0. The standard InChI is InChI=1S/C16H21N3O3/c1-3-18(2)10-15-17-13-5-4-11(16(20)21)8-14(13)19(15)9-12-6-7-22-12/h4-5,8,12H,3,6-7,9-10H2,1-2H3,(H,20,21)/t12-/m0/s1. The van der Waals surface area contributed by atoms with E-state index in [1.807, 2.05) is 7.05 Å². The molecule has 22 heavy (non-hydrogen) atoms. The summed E-state index contributed by atoms with van der Waals surface area (Å²) in [4.78, 5) is 18.1. The van der Waals surface area contributed by atoms with Crippen LogP contribution in [0.2, 0.25) is 0 Å². The lowest BCUT2D eigenvalue weighted by Crippen LogP contribution is -2.32. The van der Waals surface area contributed by atoms with Crippen molar-refractivity contribution in [2.24, 2.45) is 0 Å². The molecule has 0 aliphatic carbocycles. The molecule has 1 aliphatic heterocycles. The van der Waals surface area contributed by atoms with Gasteiger partial charge in [0.15, 0.2) is 0 Å². The van der Waals surface area contributed by atoms with Crippen molar-refractivity contribution in [3.63, 3.8) is 0 Å². The summed E-state index contributed by atoms with van der Waals surface area (Å²) in [5.41, 5.74) is 2.00. The average molecular weight is 303 g/mol. The van der Waals surface area contributed by atoms with Gasteiger partial charge in [-0.1, -0.05) is 6.92 Å². The molecule has 6 nitrogen and oxygen atoms in total. The van der Waals surface area contributed by atoms with E-state index in [1.165, 1.54) is 0 Å². The summed E-state index contributed by atoms with van der Waals surface area (Å²) in [5.74, 6) is 0.0409. The number of hydrogen-bond donors (Lipinski definition) is 1. The summed E-state index contributed by atoms with van der Waals surface area (Å²) in [7, 11) is 2.05. The van der Waals surface area contributed by atoms with Crippen molar-refractivity contribution in [2.45, 2.75) is 32.5 Å². The maximum Gasteiger partial charge on any atom is 0.335 e. The summed E-state index contributed by atoms with van der Waals surface area (Å²) < 4.78 is 7.65. The molecular formula is C16H21N3O3. The van der Waals surface area contributed by atoms with E-state index in [-0.39, 0.29) is 6.10 Å². The molecule has 1 atom stereocenters. The van der Waals surface area contributed by atoms with E-state index < -0.39 is 5.97 Å². The molecule has 1 N–H and O–H groups in total. The maximum absolute atomic E-state index is 11.2. The smallest absolute Gasteiger partial charge is 0.335 e. The maximum atomic E-state index is 11.2. The zero-order valence-corrected chi connectivity index (χ0v) is 13.0. The quantitative estimate of drug-likeness (QED) is 0.884. The number of aromatic carboxylic acids is 1. The Kier molecular flexibility index (Phi) is 4.13. The van der Waals surface area contributed by atoms with Gasteiger partial charge in [-0.3, -0.25) is 4.90 Å². The second-order valence-corrected chi connectivity index (χ2v) is 5.76. The van der Waals surface area contributed by atoms with Gasteiger partial charge in [-0.05, 0) is 38.2 Å². The lowest BCUT2D eigenvalue weighted by Gasteiger charge is -2.28. The Hall–Kier alpha value is -1.92. The Morgan fingerprint density at radius 1 is 1.55 bits per heavy atom. The number of aromatic nitrogens is 2. The third-order valence-electron chi connectivity index (χ3n) is 4.21. The zero-order chi connectivity index (χ0) is 15.7. The molecule has 0 amide bonds. The molecule has 0 unspecified atom stereocenters. The highest BCUT2D eigenvalue weighted by Gasteiger charge is 2.22. The predicted octanol–water partition coefficient (Wildman–Crippen LogP) is 1.98. The van der Waals surface area contributed by atoms with E-state index in [0.717, 1.165) is 49.5 Å². The van der Waals surface area contributed by atoms with E-state index in [2.05, 4.69) is 21.4 Å². The summed E-state index contributed by atoms with van der Waals surface area (Å²) in [6, 6.07) is 5.10. The first-order chi connectivity index (χ1) is 10.6. The summed E-state index contributed by atoms with van der Waals surface area (Å²) in [6.07, 6.45) is 1.25. The molecule has 118 valence electrons.